The van der Waals surface area contributed by atoms with Crippen molar-refractivity contribution in [1.29, 1.82) is 5.26 Å². The van der Waals surface area contributed by atoms with E-state index in [1.54, 1.807) is 6.07 Å². The average molecular weight is 263 g/mol. The van der Waals surface area contributed by atoms with Crippen molar-refractivity contribution in [3.05, 3.63) is 33.9 Å². The smallest absolute Gasteiger partial charge is 0.287 e. The molecule has 7 heteroatoms. The first kappa shape index (κ1) is 13.3. The number of nitro groups is 1. The Morgan fingerprint density at radius 1 is 1.63 bits per heavy atom. The summed E-state index contributed by atoms with van der Waals surface area (Å²) in [5, 5.41) is 22.7. The zero-order valence-electron chi connectivity index (χ0n) is 10.2. The van der Waals surface area contributed by atoms with Crippen molar-refractivity contribution in [1.82, 2.24) is 5.32 Å². The van der Waals surface area contributed by atoms with Gasteiger partial charge in [0.25, 0.3) is 5.69 Å². The minimum Gasteiger partial charge on any atom is -0.491 e. The van der Waals surface area contributed by atoms with Gasteiger partial charge in [-0.25, -0.2) is 0 Å². The molecule has 1 heterocycles. The highest BCUT2D eigenvalue weighted by atomic mass is 16.6. The van der Waals surface area contributed by atoms with Gasteiger partial charge in [-0.2, -0.15) is 5.26 Å². The quantitative estimate of drug-likeness (QED) is 0.638. The van der Waals surface area contributed by atoms with Crippen LogP contribution in [0.5, 0.6) is 5.75 Å². The van der Waals surface area contributed by atoms with Crippen LogP contribution < -0.4 is 10.1 Å². The Balaban J connectivity index is 2.01. The van der Waals surface area contributed by atoms with Crippen LogP contribution in [-0.4, -0.2) is 37.3 Å². The number of hydrogen-bond acceptors (Lipinski definition) is 6. The van der Waals surface area contributed by atoms with Crippen LogP contribution in [0.15, 0.2) is 18.2 Å². The van der Waals surface area contributed by atoms with Crippen LogP contribution in [0, 0.1) is 21.4 Å². The SMILES string of the molecule is N#Cc1cc(OCC2CNCCO2)ccc1[N+](=O)[O-]. The molecule has 1 aromatic carbocycles. The van der Waals surface area contributed by atoms with Gasteiger partial charge in [0.1, 0.15) is 30.1 Å². The van der Waals surface area contributed by atoms with Gasteiger partial charge >= 0.3 is 0 Å². The van der Waals surface area contributed by atoms with E-state index in [9.17, 15) is 10.1 Å². The summed E-state index contributed by atoms with van der Waals surface area (Å²) in [5.41, 5.74) is -0.226. The van der Waals surface area contributed by atoms with Crippen LogP contribution in [0.2, 0.25) is 0 Å². The molecular formula is C12H13N3O4. The number of nitro benzene ring substituents is 1. The Hall–Kier alpha value is -2.17. The molecule has 1 aromatic rings. The number of benzene rings is 1. The lowest BCUT2D eigenvalue weighted by atomic mass is 10.2. The van der Waals surface area contributed by atoms with Gasteiger partial charge in [-0.15, -0.1) is 0 Å². The van der Waals surface area contributed by atoms with Gasteiger partial charge in [-0.05, 0) is 6.07 Å². The second kappa shape index (κ2) is 6.13. The number of nitrogens with zero attached hydrogens (tertiary/aromatic N) is 2. The topological polar surface area (TPSA) is 97.4 Å². The van der Waals surface area contributed by atoms with Crippen molar-refractivity contribution in [2.24, 2.45) is 0 Å². The summed E-state index contributed by atoms with van der Waals surface area (Å²) in [6.45, 7) is 2.51. The summed E-state index contributed by atoms with van der Waals surface area (Å²) in [4.78, 5) is 10.1. The van der Waals surface area contributed by atoms with Crippen LogP contribution in [-0.2, 0) is 4.74 Å². The fourth-order valence-corrected chi connectivity index (χ4v) is 1.77. The molecule has 1 atom stereocenters. The summed E-state index contributed by atoms with van der Waals surface area (Å²) in [5.74, 6) is 0.427. The highest BCUT2D eigenvalue weighted by Crippen LogP contribution is 2.23. The van der Waals surface area contributed by atoms with E-state index in [1.807, 2.05) is 0 Å². The maximum atomic E-state index is 10.7. The molecule has 1 fully saturated rings. The molecule has 100 valence electrons. The van der Waals surface area contributed by atoms with Crippen LogP contribution in [0.1, 0.15) is 5.56 Å². The van der Waals surface area contributed by atoms with E-state index in [0.29, 0.717) is 25.5 Å². The molecule has 0 bridgehead atoms. The zero-order chi connectivity index (χ0) is 13.7. The van der Waals surface area contributed by atoms with Crippen LogP contribution in [0.25, 0.3) is 0 Å². The molecule has 1 aliphatic rings. The molecule has 1 aliphatic heterocycles. The maximum absolute atomic E-state index is 10.7. The minimum atomic E-state index is -0.587. The Kier molecular flexibility index (Phi) is 4.28. The first-order valence-corrected chi connectivity index (χ1v) is 5.84. The molecule has 1 unspecified atom stereocenters. The maximum Gasteiger partial charge on any atom is 0.287 e. The number of hydrogen-bond donors (Lipinski definition) is 1. The third-order valence-corrected chi connectivity index (χ3v) is 2.73. The third-order valence-electron chi connectivity index (χ3n) is 2.73. The average Bonchev–Trinajstić information content (AvgIpc) is 2.45. The zero-order valence-corrected chi connectivity index (χ0v) is 10.2. The first-order valence-electron chi connectivity index (χ1n) is 5.84. The second-order valence-corrected chi connectivity index (χ2v) is 4.06. The van der Waals surface area contributed by atoms with Gasteiger partial charge in [-0.3, -0.25) is 10.1 Å². The van der Waals surface area contributed by atoms with Gasteiger partial charge in [0, 0.05) is 25.2 Å². The van der Waals surface area contributed by atoms with Crippen molar-refractivity contribution in [2.45, 2.75) is 6.10 Å². The first-order chi connectivity index (χ1) is 9.20. The summed E-state index contributed by atoms with van der Waals surface area (Å²) in [7, 11) is 0. The Bertz CT molecular complexity index is 506. The number of rotatable bonds is 4. The highest BCUT2D eigenvalue weighted by molar-refractivity contribution is 5.52. The monoisotopic (exact) mass is 263 g/mol. The number of nitrogens with one attached hydrogen (secondary N) is 1. The van der Waals surface area contributed by atoms with E-state index in [2.05, 4.69) is 5.32 Å². The van der Waals surface area contributed by atoms with Gasteiger partial charge in [0.05, 0.1) is 11.5 Å². The lowest BCUT2D eigenvalue weighted by molar-refractivity contribution is -0.385. The molecule has 2 rings (SSSR count). The molecule has 19 heavy (non-hydrogen) atoms. The van der Waals surface area contributed by atoms with E-state index < -0.39 is 4.92 Å². The van der Waals surface area contributed by atoms with E-state index >= 15 is 0 Å². The van der Waals surface area contributed by atoms with Gasteiger partial charge in [-0.1, -0.05) is 0 Å². The molecule has 0 aliphatic carbocycles. The summed E-state index contributed by atoms with van der Waals surface area (Å²) >= 11 is 0. The van der Waals surface area contributed by atoms with Gasteiger partial charge < -0.3 is 14.8 Å². The standard InChI is InChI=1S/C12H13N3O4/c13-6-9-5-10(1-2-12(9)15(16)17)19-8-11-7-14-3-4-18-11/h1-2,5,11,14H,3-4,7-8H2. The lowest BCUT2D eigenvalue weighted by Crippen LogP contribution is -2.41. The van der Waals surface area contributed by atoms with Crippen LogP contribution in [0.4, 0.5) is 5.69 Å². The molecule has 0 saturated carbocycles. The Morgan fingerprint density at radius 3 is 3.11 bits per heavy atom. The molecule has 0 aromatic heterocycles. The van der Waals surface area contributed by atoms with E-state index in [0.717, 1.165) is 6.54 Å². The van der Waals surface area contributed by atoms with Crippen molar-refractivity contribution in [3.8, 4) is 11.8 Å². The number of nitriles is 1. The van der Waals surface area contributed by atoms with E-state index in [1.165, 1.54) is 18.2 Å². The largest absolute Gasteiger partial charge is 0.491 e. The predicted molar refractivity (Wildman–Crippen MR) is 65.9 cm³/mol. The van der Waals surface area contributed by atoms with E-state index in [4.69, 9.17) is 14.7 Å². The van der Waals surface area contributed by atoms with E-state index in [-0.39, 0.29) is 17.4 Å². The molecule has 1 N–H and O–H groups in total. The van der Waals surface area contributed by atoms with Crippen LogP contribution in [0.3, 0.4) is 0 Å². The Morgan fingerprint density at radius 2 is 2.47 bits per heavy atom. The normalized spacial score (nSPS) is 18.6. The summed E-state index contributed by atoms with van der Waals surface area (Å²) in [6.07, 6.45) is -0.0468. The molecule has 0 spiro atoms. The van der Waals surface area contributed by atoms with Crippen molar-refractivity contribution in [2.75, 3.05) is 26.3 Å². The van der Waals surface area contributed by atoms with Crippen molar-refractivity contribution >= 4 is 5.69 Å². The molecule has 0 radical (unpaired) electrons. The fourth-order valence-electron chi connectivity index (χ4n) is 1.77. The number of ether oxygens (including phenoxy) is 2. The third kappa shape index (κ3) is 3.40. The predicted octanol–water partition coefficient (Wildman–Crippen LogP) is 0.834. The van der Waals surface area contributed by atoms with Gasteiger partial charge in [0.15, 0.2) is 0 Å². The molecule has 7 nitrogen and oxygen atoms in total. The molecular weight excluding hydrogens is 250 g/mol. The lowest BCUT2D eigenvalue weighted by Gasteiger charge is -2.23. The number of morpholine rings is 1. The van der Waals surface area contributed by atoms with Crippen LogP contribution >= 0.6 is 0 Å². The summed E-state index contributed by atoms with van der Waals surface area (Å²) in [6, 6.07) is 5.91. The highest BCUT2D eigenvalue weighted by Gasteiger charge is 2.16. The Labute approximate surface area is 109 Å². The van der Waals surface area contributed by atoms with Crippen molar-refractivity contribution in [3.63, 3.8) is 0 Å². The second-order valence-electron chi connectivity index (χ2n) is 4.06. The molecule has 0 amide bonds. The van der Waals surface area contributed by atoms with Crippen molar-refractivity contribution < 1.29 is 14.4 Å². The summed E-state index contributed by atoms with van der Waals surface area (Å²) < 4.78 is 10.9. The molecule has 1 saturated heterocycles. The fraction of sp³-hybridized carbons (Fsp3) is 0.417. The van der Waals surface area contributed by atoms with Gasteiger partial charge in [0.2, 0.25) is 0 Å². The minimum absolute atomic E-state index is 0.00909.